The highest BCUT2D eigenvalue weighted by molar-refractivity contribution is 4.92. The predicted molar refractivity (Wildman–Crippen MR) is 54.1 cm³/mol. The normalized spacial score (nSPS) is 37.1. The van der Waals surface area contributed by atoms with E-state index in [0.717, 1.165) is 0 Å². The third kappa shape index (κ3) is 2.67. The SMILES string of the molecule is CC(O)C(C)NCC1(O)CCOC1C. The topological polar surface area (TPSA) is 61.7 Å². The van der Waals surface area contributed by atoms with Gasteiger partial charge >= 0.3 is 0 Å². The summed E-state index contributed by atoms with van der Waals surface area (Å²) >= 11 is 0. The van der Waals surface area contributed by atoms with Crippen LogP contribution in [0, 0.1) is 0 Å². The number of nitrogens with one attached hydrogen (secondary N) is 1. The van der Waals surface area contributed by atoms with Gasteiger partial charge in [-0.1, -0.05) is 0 Å². The molecule has 4 unspecified atom stereocenters. The highest BCUT2D eigenvalue weighted by atomic mass is 16.5. The molecule has 0 saturated carbocycles. The van der Waals surface area contributed by atoms with Gasteiger partial charge in [0.1, 0.15) is 5.60 Å². The second-order valence-electron chi connectivity index (χ2n) is 4.28. The first kappa shape index (κ1) is 11.9. The summed E-state index contributed by atoms with van der Waals surface area (Å²) in [5.74, 6) is 0. The fourth-order valence-electron chi connectivity index (χ4n) is 1.51. The maximum atomic E-state index is 10.1. The Bertz CT molecular complexity index is 186. The van der Waals surface area contributed by atoms with Crippen molar-refractivity contribution in [3.8, 4) is 0 Å². The molecule has 4 atom stereocenters. The lowest BCUT2D eigenvalue weighted by Gasteiger charge is -2.28. The molecule has 0 aromatic rings. The molecule has 3 N–H and O–H groups in total. The Labute approximate surface area is 85.3 Å². The van der Waals surface area contributed by atoms with Gasteiger partial charge in [-0.25, -0.2) is 0 Å². The number of ether oxygens (including phenoxy) is 1. The maximum Gasteiger partial charge on any atom is 0.105 e. The van der Waals surface area contributed by atoms with Gasteiger partial charge in [0, 0.05) is 25.6 Å². The molecule has 1 rings (SSSR count). The molecule has 0 aliphatic carbocycles. The van der Waals surface area contributed by atoms with E-state index in [-0.39, 0.29) is 12.1 Å². The van der Waals surface area contributed by atoms with Crippen LogP contribution in [0.2, 0.25) is 0 Å². The monoisotopic (exact) mass is 203 g/mol. The molecule has 0 aromatic heterocycles. The molecule has 1 fully saturated rings. The minimum absolute atomic E-state index is 0.00757. The van der Waals surface area contributed by atoms with Crippen molar-refractivity contribution in [1.82, 2.24) is 5.32 Å². The minimum Gasteiger partial charge on any atom is -0.392 e. The molecule has 1 heterocycles. The van der Waals surface area contributed by atoms with Crippen molar-refractivity contribution >= 4 is 0 Å². The number of rotatable bonds is 4. The number of aliphatic hydroxyl groups excluding tert-OH is 1. The molecule has 0 spiro atoms. The fourth-order valence-corrected chi connectivity index (χ4v) is 1.51. The Morgan fingerprint density at radius 3 is 2.64 bits per heavy atom. The standard InChI is InChI=1S/C10H21NO3/c1-7(8(2)12)11-6-10(13)4-5-14-9(10)3/h7-9,11-13H,4-6H2,1-3H3. The van der Waals surface area contributed by atoms with E-state index in [1.807, 2.05) is 13.8 Å². The number of hydrogen-bond donors (Lipinski definition) is 3. The second kappa shape index (κ2) is 4.57. The zero-order valence-corrected chi connectivity index (χ0v) is 9.16. The van der Waals surface area contributed by atoms with Gasteiger partial charge in [0.05, 0.1) is 12.2 Å². The molecule has 4 nitrogen and oxygen atoms in total. The van der Waals surface area contributed by atoms with Crippen LogP contribution in [0.25, 0.3) is 0 Å². The molecule has 0 aromatic carbocycles. The van der Waals surface area contributed by atoms with Crippen LogP contribution in [0.4, 0.5) is 0 Å². The zero-order chi connectivity index (χ0) is 10.8. The van der Waals surface area contributed by atoms with E-state index in [1.165, 1.54) is 0 Å². The lowest BCUT2D eigenvalue weighted by molar-refractivity contribution is -0.0297. The molecule has 4 heteroatoms. The quantitative estimate of drug-likeness (QED) is 0.596. The van der Waals surface area contributed by atoms with E-state index >= 15 is 0 Å². The lowest BCUT2D eigenvalue weighted by Crippen LogP contribution is -2.50. The van der Waals surface area contributed by atoms with Crippen molar-refractivity contribution in [2.24, 2.45) is 0 Å². The van der Waals surface area contributed by atoms with E-state index in [9.17, 15) is 10.2 Å². The summed E-state index contributed by atoms with van der Waals surface area (Å²) < 4.78 is 5.31. The molecule has 1 saturated heterocycles. The largest absolute Gasteiger partial charge is 0.392 e. The molecule has 0 radical (unpaired) electrons. The van der Waals surface area contributed by atoms with Gasteiger partial charge in [0.25, 0.3) is 0 Å². The molecule has 1 aliphatic rings. The van der Waals surface area contributed by atoms with Crippen LogP contribution in [-0.4, -0.2) is 47.2 Å². The average Bonchev–Trinajstić information content (AvgIpc) is 2.44. The second-order valence-corrected chi connectivity index (χ2v) is 4.28. The van der Waals surface area contributed by atoms with E-state index in [1.54, 1.807) is 6.92 Å². The van der Waals surface area contributed by atoms with Crippen molar-refractivity contribution in [3.05, 3.63) is 0 Å². The van der Waals surface area contributed by atoms with Gasteiger partial charge in [0.2, 0.25) is 0 Å². The average molecular weight is 203 g/mol. The molecule has 14 heavy (non-hydrogen) atoms. The van der Waals surface area contributed by atoms with Crippen LogP contribution < -0.4 is 5.32 Å². The first-order valence-corrected chi connectivity index (χ1v) is 5.21. The summed E-state index contributed by atoms with van der Waals surface area (Å²) in [6.45, 7) is 6.59. The summed E-state index contributed by atoms with van der Waals surface area (Å²) in [5.41, 5.74) is -0.775. The Hall–Kier alpha value is -0.160. The van der Waals surface area contributed by atoms with E-state index < -0.39 is 11.7 Å². The molecule has 0 amide bonds. The van der Waals surface area contributed by atoms with Crippen LogP contribution in [0.5, 0.6) is 0 Å². The third-order valence-electron chi connectivity index (χ3n) is 3.11. The molecule has 1 aliphatic heterocycles. The van der Waals surface area contributed by atoms with Crippen LogP contribution >= 0.6 is 0 Å². The number of aliphatic hydroxyl groups is 2. The van der Waals surface area contributed by atoms with Gasteiger partial charge in [-0.05, 0) is 20.8 Å². The van der Waals surface area contributed by atoms with Crippen molar-refractivity contribution in [2.75, 3.05) is 13.2 Å². The highest BCUT2D eigenvalue weighted by Gasteiger charge is 2.39. The molecule has 84 valence electrons. The van der Waals surface area contributed by atoms with Gasteiger partial charge in [0.15, 0.2) is 0 Å². The van der Waals surface area contributed by atoms with Crippen LogP contribution in [0.3, 0.4) is 0 Å². The first-order valence-electron chi connectivity index (χ1n) is 5.21. The summed E-state index contributed by atoms with van der Waals surface area (Å²) in [5, 5.41) is 22.5. The summed E-state index contributed by atoms with van der Waals surface area (Å²) in [7, 11) is 0. The minimum atomic E-state index is -0.775. The predicted octanol–water partition coefficient (Wildman–Crippen LogP) is -0.115. The highest BCUT2D eigenvalue weighted by Crippen LogP contribution is 2.24. The van der Waals surface area contributed by atoms with Crippen molar-refractivity contribution < 1.29 is 14.9 Å². The van der Waals surface area contributed by atoms with Crippen LogP contribution in [0.1, 0.15) is 27.2 Å². The van der Waals surface area contributed by atoms with E-state index in [4.69, 9.17) is 4.74 Å². The van der Waals surface area contributed by atoms with Gasteiger partial charge in [-0.3, -0.25) is 0 Å². The zero-order valence-electron chi connectivity index (χ0n) is 9.16. The van der Waals surface area contributed by atoms with Gasteiger partial charge in [-0.2, -0.15) is 0 Å². The Balaban J connectivity index is 2.36. The van der Waals surface area contributed by atoms with Crippen LogP contribution in [-0.2, 0) is 4.74 Å². The van der Waals surface area contributed by atoms with E-state index in [2.05, 4.69) is 5.32 Å². The van der Waals surface area contributed by atoms with E-state index in [0.29, 0.717) is 19.6 Å². The summed E-state index contributed by atoms with van der Waals surface area (Å²) in [4.78, 5) is 0. The first-order chi connectivity index (χ1) is 6.46. The summed E-state index contributed by atoms with van der Waals surface area (Å²) in [6, 6.07) is -0.00757. The van der Waals surface area contributed by atoms with Crippen molar-refractivity contribution in [2.45, 2.75) is 51.0 Å². The molecular weight excluding hydrogens is 182 g/mol. The molecule has 0 bridgehead atoms. The summed E-state index contributed by atoms with van der Waals surface area (Å²) in [6.07, 6.45) is 0.126. The third-order valence-corrected chi connectivity index (χ3v) is 3.11. The number of hydrogen-bond acceptors (Lipinski definition) is 4. The Morgan fingerprint density at radius 2 is 2.21 bits per heavy atom. The Morgan fingerprint density at radius 1 is 1.57 bits per heavy atom. The Kier molecular flexibility index (Phi) is 3.89. The maximum absolute atomic E-state index is 10.1. The van der Waals surface area contributed by atoms with Crippen LogP contribution in [0.15, 0.2) is 0 Å². The molecular formula is C10H21NO3. The lowest BCUT2D eigenvalue weighted by atomic mass is 9.96. The van der Waals surface area contributed by atoms with Gasteiger partial charge in [-0.15, -0.1) is 0 Å². The smallest absolute Gasteiger partial charge is 0.105 e. The van der Waals surface area contributed by atoms with Gasteiger partial charge < -0.3 is 20.3 Å². The van der Waals surface area contributed by atoms with Crippen molar-refractivity contribution in [3.63, 3.8) is 0 Å². The fraction of sp³-hybridized carbons (Fsp3) is 1.00. The van der Waals surface area contributed by atoms with Crippen molar-refractivity contribution in [1.29, 1.82) is 0 Å².